The fourth-order valence-corrected chi connectivity index (χ4v) is 5.39. The molecule has 0 saturated carbocycles. The molecule has 1 fully saturated rings. The molecule has 0 spiro atoms. The molecule has 3 heterocycles. The zero-order valence-electron chi connectivity index (χ0n) is 18.0. The Labute approximate surface area is 187 Å². The number of ether oxygens (including phenoxy) is 2. The number of hydrogen-bond acceptors (Lipinski definition) is 4. The highest BCUT2D eigenvalue weighted by Gasteiger charge is 2.40. The Morgan fingerprint density at radius 1 is 1.09 bits per heavy atom. The maximum absolute atomic E-state index is 13.3. The molecular weight excluding hydrogens is 402 g/mol. The van der Waals surface area contributed by atoms with Crippen molar-refractivity contribution in [3.05, 3.63) is 84.0 Å². The lowest BCUT2D eigenvalue weighted by Gasteiger charge is -2.43. The lowest BCUT2D eigenvalue weighted by molar-refractivity contribution is -0.0332. The maximum Gasteiger partial charge on any atom is 0.410 e. The molecule has 1 aromatic heterocycles. The van der Waals surface area contributed by atoms with Crippen molar-refractivity contribution in [2.75, 3.05) is 19.8 Å². The summed E-state index contributed by atoms with van der Waals surface area (Å²) in [5.41, 5.74) is 6.07. The van der Waals surface area contributed by atoms with E-state index in [1.54, 1.807) is 6.20 Å². The van der Waals surface area contributed by atoms with Crippen molar-refractivity contribution >= 4 is 11.7 Å². The zero-order valence-corrected chi connectivity index (χ0v) is 18.0. The van der Waals surface area contributed by atoms with Crippen LogP contribution in [0.1, 0.15) is 29.3 Å². The summed E-state index contributed by atoms with van der Waals surface area (Å²) in [5, 5.41) is 0. The number of aryl methyl sites for hydroxylation is 1. The van der Waals surface area contributed by atoms with Gasteiger partial charge in [0.25, 0.3) is 0 Å². The molecule has 6 rings (SSSR count). The highest BCUT2D eigenvalue weighted by molar-refractivity contribution is 5.79. The summed E-state index contributed by atoms with van der Waals surface area (Å²) >= 11 is 0. The summed E-state index contributed by atoms with van der Waals surface area (Å²) in [4.78, 5) is 19.6. The summed E-state index contributed by atoms with van der Waals surface area (Å²) in [5.74, 6) is 1.01. The van der Waals surface area contributed by atoms with Crippen molar-refractivity contribution in [2.45, 2.75) is 24.4 Å². The van der Waals surface area contributed by atoms with E-state index in [9.17, 15) is 4.79 Å². The van der Waals surface area contributed by atoms with Gasteiger partial charge in [0.05, 0.1) is 25.3 Å². The molecule has 0 radical (unpaired) electrons. The number of hydrogen-bond donors (Lipinski definition) is 0. The minimum Gasteiger partial charge on any atom is -0.448 e. The van der Waals surface area contributed by atoms with E-state index in [2.05, 4.69) is 59.6 Å². The number of fused-ring (bicyclic) bond motifs is 5. The van der Waals surface area contributed by atoms with Gasteiger partial charge in [0.15, 0.2) is 0 Å². The third-order valence-electron chi connectivity index (χ3n) is 6.85. The van der Waals surface area contributed by atoms with Crippen LogP contribution in [0, 0.1) is 0 Å². The second-order valence-electron chi connectivity index (χ2n) is 8.73. The largest absolute Gasteiger partial charge is 0.448 e. The fourth-order valence-electron chi connectivity index (χ4n) is 5.39. The normalized spacial score (nSPS) is 21.7. The number of carbonyl (C=O) groups excluding carboxylic acids is 1. The highest BCUT2D eigenvalue weighted by Crippen LogP contribution is 2.44. The van der Waals surface area contributed by atoms with E-state index in [1.807, 2.05) is 22.7 Å². The Morgan fingerprint density at radius 3 is 2.47 bits per heavy atom. The van der Waals surface area contributed by atoms with Crippen LogP contribution in [-0.2, 0) is 16.5 Å². The molecule has 2 unspecified atom stereocenters. The molecule has 6 heteroatoms. The molecule has 1 saturated heterocycles. The van der Waals surface area contributed by atoms with E-state index >= 15 is 0 Å². The molecule has 2 bridgehead atoms. The van der Waals surface area contributed by atoms with Crippen molar-refractivity contribution in [1.29, 1.82) is 0 Å². The number of aromatic nitrogens is 2. The SMILES string of the molecule is Cn1ccnc1C1=CC2COCC(C1)N2C(=O)OCC1c2ccccc2-c2ccccc21. The molecule has 2 aliphatic heterocycles. The van der Waals surface area contributed by atoms with Crippen LogP contribution in [0.25, 0.3) is 16.7 Å². The van der Waals surface area contributed by atoms with Gasteiger partial charge < -0.3 is 14.0 Å². The van der Waals surface area contributed by atoms with Crippen LogP contribution in [0.3, 0.4) is 0 Å². The topological polar surface area (TPSA) is 56.6 Å². The van der Waals surface area contributed by atoms with Crippen molar-refractivity contribution in [3.63, 3.8) is 0 Å². The second-order valence-corrected chi connectivity index (χ2v) is 8.73. The number of amides is 1. The summed E-state index contributed by atoms with van der Waals surface area (Å²) in [6.45, 7) is 1.33. The van der Waals surface area contributed by atoms with E-state index in [0.717, 1.165) is 5.82 Å². The molecule has 2 aromatic carbocycles. The lowest BCUT2D eigenvalue weighted by Crippen LogP contribution is -2.56. The van der Waals surface area contributed by atoms with Gasteiger partial charge in [-0.2, -0.15) is 0 Å². The fraction of sp³-hybridized carbons (Fsp3) is 0.308. The molecule has 6 nitrogen and oxygen atoms in total. The lowest BCUT2D eigenvalue weighted by atomic mass is 9.94. The van der Waals surface area contributed by atoms with Gasteiger partial charge in [0.2, 0.25) is 0 Å². The van der Waals surface area contributed by atoms with Crippen molar-refractivity contribution < 1.29 is 14.3 Å². The van der Waals surface area contributed by atoms with Crippen LogP contribution in [0.2, 0.25) is 0 Å². The maximum atomic E-state index is 13.3. The van der Waals surface area contributed by atoms with Gasteiger partial charge in [-0.25, -0.2) is 9.78 Å². The van der Waals surface area contributed by atoms with Gasteiger partial charge in [-0.15, -0.1) is 0 Å². The second kappa shape index (κ2) is 7.64. The van der Waals surface area contributed by atoms with Crippen LogP contribution in [0.4, 0.5) is 4.79 Å². The summed E-state index contributed by atoms with van der Waals surface area (Å²) < 4.78 is 13.7. The predicted molar refractivity (Wildman–Crippen MR) is 121 cm³/mol. The Balaban J connectivity index is 1.23. The first kappa shape index (κ1) is 19.3. The van der Waals surface area contributed by atoms with E-state index in [0.29, 0.717) is 26.2 Å². The molecule has 32 heavy (non-hydrogen) atoms. The number of nitrogens with zero attached hydrogens (tertiary/aromatic N) is 3. The van der Waals surface area contributed by atoms with Gasteiger partial charge in [0, 0.05) is 25.4 Å². The Morgan fingerprint density at radius 2 is 1.81 bits per heavy atom. The molecular formula is C26H25N3O3. The van der Waals surface area contributed by atoms with Crippen LogP contribution >= 0.6 is 0 Å². The zero-order chi connectivity index (χ0) is 21.7. The van der Waals surface area contributed by atoms with E-state index in [-0.39, 0.29) is 24.1 Å². The molecule has 162 valence electrons. The Hall–Kier alpha value is -3.38. The highest BCUT2D eigenvalue weighted by atomic mass is 16.6. The first-order valence-corrected chi connectivity index (χ1v) is 11.1. The van der Waals surface area contributed by atoms with Crippen LogP contribution in [-0.4, -0.2) is 52.4 Å². The first-order chi connectivity index (χ1) is 15.7. The van der Waals surface area contributed by atoms with Crippen LogP contribution in [0.5, 0.6) is 0 Å². The third kappa shape index (κ3) is 3.06. The third-order valence-corrected chi connectivity index (χ3v) is 6.85. The first-order valence-electron chi connectivity index (χ1n) is 11.1. The standard InChI is InChI=1S/C26H25N3O3/c1-28-11-10-27-25(28)17-12-18-14-31-15-19(13-17)29(18)26(30)32-16-24-22-8-4-2-6-20(22)21-7-3-5-9-23(21)24/h2-12,18-19,24H,13-16H2,1H3. The van der Waals surface area contributed by atoms with E-state index in [1.165, 1.54) is 27.8 Å². The van der Waals surface area contributed by atoms with Gasteiger partial charge in [0.1, 0.15) is 12.4 Å². The molecule has 2 atom stereocenters. The molecule has 3 aliphatic rings. The predicted octanol–water partition coefficient (Wildman–Crippen LogP) is 4.23. The number of morpholine rings is 1. The summed E-state index contributed by atoms with van der Waals surface area (Å²) in [6, 6.07) is 16.6. The Kier molecular flexibility index (Phi) is 4.61. The van der Waals surface area contributed by atoms with E-state index in [4.69, 9.17) is 9.47 Å². The summed E-state index contributed by atoms with van der Waals surface area (Å²) in [6.07, 6.45) is 6.31. The Bertz CT molecular complexity index is 1170. The minimum atomic E-state index is -0.264. The van der Waals surface area contributed by atoms with Gasteiger partial charge >= 0.3 is 6.09 Å². The smallest absolute Gasteiger partial charge is 0.410 e. The van der Waals surface area contributed by atoms with E-state index < -0.39 is 0 Å². The molecule has 1 aliphatic carbocycles. The quantitative estimate of drug-likeness (QED) is 0.628. The monoisotopic (exact) mass is 427 g/mol. The average Bonchev–Trinajstić information content (AvgIpc) is 3.38. The number of rotatable bonds is 3. The number of imidazole rings is 1. The molecule has 3 aromatic rings. The number of benzene rings is 2. The molecule has 1 amide bonds. The minimum absolute atomic E-state index is 0.0406. The summed E-state index contributed by atoms with van der Waals surface area (Å²) in [7, 11) is 1.99. The number of carbonyl (C=O) groups is 1. The van der Waals surface area contributed by atoms with Gasteiger partial charge in [-0.05, 0) is 34.2 Å². The molecule has 0 N–H and O–H groups in total. The van der Waals surface area contributed by atoms with Gasteiger partial charge in [-0.3, -0.25) is 4.90 Å². The van der Waals surface area contributed by atoms with Crippen molar-refractivity contribution in [3.8, 4) is 11.1 Å². The van der Waals surface area contributed by atoms with Crippen LogP contribution in [0.15, 0.2) is 67.0 Å². The van der Waals surface area contributed by atoms with Crippen molar-refractivity contribution in [1.82, 2.24) is 14.5 Å². The van der Waals surface area contributed by atoms with Crippen molar-refractivity contribution in [2.24, 2.45) is 7.05 Å². The van der Waals surface area contributed by atoms with Crippen LogP contribution < -0.4 is 0 Å². The average molecular weight is 428 g/mol. The van der Waals surface area contributed by atoms with Gasteiger partial charge in [-0.1, -0.05) is 54.6 Å².